The molecule has 116 valence electrons. The molecule has 21 heavy (non-hydrogen) atoms. The molecule has 0 radical (unpaired) electrons. The largest absolute Gasteiger partial charge is 0.403 e. The van der Waals surface area contributed by atoms with Crippen LogP contribution in [-0.2, 0) is 11.3 Å². The van der Waals surface area contributed by atoms with Gasteiger partial charge in [0, 0.05) is 11.6 Å². The number of hydrogen-bond acceptors (Lipinski definition) is 1. The van der Waals surface area contributed by atoms with Crippen LogP contribution in [0.5, 0.6) is 0 Å². The fourth-order valence-corrected chi connectivity index (χ4v) is 2.60. The molecule has 0 atom stereocenters. The van der Waals surface area contributed by atoms with Crippen LogP contribution in [0.15, 0.2) is 18.2 Å². The minimum Gasteiger partial charge on any atom is -0.351 e. The van der Waals surface area contributed by atoms with Crippen molar-refractivity contribution in [1.29, 1.82) is 0 Å². The zero-order valence-corrected chi connectivity index (χ0v) is 12.6. The molecule has 1 aromatic carbocycles. The molecule has 1 aliphatic rings. The Morgan fingerprint density at radius 3 is 2.48 bits per heavy atom. The highest BCUT2D eigenvalue weighted by molar-refractivity contribution is 6.31. The van der Waals surface area contributed by atoms with E-state index < -0.39 is 17.5 Å². The normalized spacial score (nSPS) is 16.9. The van der Waals surface area contributed by atoms with Gasteiger partial charge in [0.05, 0.1) is 0 Å². The fourth-order valence-electron chi connectivity index (χ4n) is 2.26. The predicted octanol–water partition coefficient (Wildman–Crippen LogP) is 4.42. The maximum Gasteiger partial charge on any atom is 0.403 e. The van der Waals surface area contributed by atoms with Crippen LogP contribution in [0.3, 0.4) is 0 Å². The summed E-state index contributed by atoms with van der Waals surface area (Å²) in [6, 6.07) is 5.23. The first-order chi connectivity index (χ1) is 9.67. The topological polar surface area (TPSA) is 29.1 Å². The van der Waals surface area contributed by atoms with E-state index >= 15 is 0 Å². The number of nitrogens with one attached hydrogen (secondary N) is 1. The van der Waals surface area contributed by atoms with Crippen LogP contribution in [-0.4, -0.2) is 12.1 Å². The second-order valence-electron chi connectivity index (χ2n) is 5.77. The molecule has 1 aromatic rings. The third kappa shape index (κ3) is 3.18. The van der Waals surface area contributed by atoms with Gasteiger partial charge in [0.2, 0.25) is 5.91 Å². The second-order valence-corrected chi connectivity index (χ2v) is 6.18. The van der Waals surface area contributed by atoms with Gasteiger partial charge in [-0.2, -0.15) is 13.2 Å². The van der Waals surface area contributed by atoms with Gasteiger partial charge in [0.25, 0.3) is 0 Å². The monoisotopic (exact) mass is 319 g/mol. The fraction of sp³-hybridized carbons (Fsp3) is 0.533. The van der Waals surface area contributed by atoms with Gasteiger partial charge in [-0.1, -0.05) is 37.6 Å². The Bertz CT molecular complexity index is 550. The van der Waals surface area contributed by atoms with Crippen LogP contribution in [0.25, 0.3) is 0 Å². The number of carbonyl (C=O) groups is 1. The molecule has 1 N–H and O–H groups in total. The minimum atomic E-state index is -4.47. The molecule has 0 unspecified atom stereocenters. The van der Waals surface area contributed by atoms with Crippen LogP contribution >= 0.6 is 11.6 Å². The maximum absolute atomic E-state index is 12.8. The first kappa shape index (κ1) is 16.1. The van der Waals surface area contributed by atoms with E-state index in [1.54, 1.807) is 12.1 Å². The summed E-state index contributed by atoms with van der Waals surface area (Å²) >= 11 is 6.06. The molecule has 6 heteroatoms. The van der Waals surface area contributed by atoms with Gasteiger partial charge in [0.1, 0.15) is 5.41 Å². The Hall–Kier alpha value is -1.23. The standard InChI is InChI=1S/C15H17ClF3NO/c1-9(2)11-7-10(3-4-12(11)16)8-20-13(21)14(5-6-14)15(17,18)19/h3-4,7,9H,5-6,8H2,1-2H3,(H,20,21). The Morgan fingerprint density at radius 1 is 1.38 bits per heavy atom. The van der Waals surface area contributed by atoms with Crippen LogP contribution in [0.4, 0.5) is 13.2 Å². The quantitative estimate of drug-likeness (QED) is 0.874. The molecule has 2 nitrogen and oxygen atoms in total. The summed E-state index contributed by atoms with van der Waals surface area (Å²) in [6.45, 7) is 4.03. The van der Waals surface area contributed by atoms with Crippen molar-refractivity contribution < 1.29 is 18.0 Å². The van der Waals surface area contributed by atoms with E-state index in [9.17, 15) is 18.0 Å². The summed E-state index contributed by atoms with van der Waals surface area (Å²) in [5.74, 6) is -0.728. The Morgan fingerprint density at radius 2 is 2.00 bits per heavy atom. The number of carbonyl (C=O) groups excluding carboxylic acids is 1. The third-order valence-electron chi connectivity index (χ3n) is 3.86. The summed E-state index contributed by atoms with van der Waals surface area (Å²) in [4.78, 5) is 11.8. The molecule has 0 aliphatic heterocycles. The number of alkyl halides is 3. The molecule has 0 saturated heterocycles. The van der Waals surface area contributed by atoms with Gasteiger partial charge in [-0.3, -0.25) is 4.79 Å². The lowest BCUT2D eigenvalue weighted by molar-refractivity contribution is -0.192. The molecular weight excluding hydrogens is 303 g/mol. The third-order valence-corrected chi connectivity index (χ3v) is 4.21. The highest BCUT2D eigenvalue weighted by Gasteiger charge is 2.68. The highest BCUT2D eigenvalue weighted by atomic mass is 35.5. The Kier molecular flexibility index (Phi) is 4.24. The van der Waals surface area contributed by atoms with Crippen LogP contribution in [0.1, 0.15) is 43.7 Å². The first-order valence-electron chi connectivity index (χ1n) is 6.81. The average Bonchev–Trinajstić information content (AvgIpc) is 3.17. The van der Waals surface area contributed by atoms with Crippen molar-refractivity contribution >= 4 is 17.5 Å². The number of halogens is 4. The minimum absolute atomic E-state index is 0.0769. The van der Waals surface area contributed by atoms with Crippen molar-refractivity contribution in [1.82, 2.24) is 5.32 Å². The van der Waals surface area contributed by atoms with Crippen LogP contribution in [0.2, 0.25) is 5.02 Å². The van der Waals surface area contributed by atoms with E-state index in [1.807, 2.05) is 19.9 Å². The summed E-state index contributed by atoms with van der Waals surface area (Å²) in [5.41, 5.74) is -0.505. The van der Waals surface area contributed by atoms with Crippen molar-refractivity contribution in [2.45, 2.75) is 45.3 Å². The van der Waals surface area contributed by atoms with Crippen LogP contribution < -0.4 is 5.32 Å². The lowest BCUT2D eigenvalue weighted by atomic mass is 10.0. The van der Waals surface area contributed by atoms with E-state index in [2.05, 4.69) is 5.32 Å². The molecular formula is C15H17ClF3NO. The Labute approximate surface area is 126 Å². The molecule has 0 heterocycles. The molecule has 1 saturated carbocycles. The summed E-state index contributed by atoms with van der Waals surface area (Å²) < 4.78 is 38.5. The number of rotatable bonds is 4. The number of benzene rings is 1. The van der Waals surface area contributed by atoms with Gasteiger partial charge in [-0.25, -0.2) is 0 Å². The van der Waals surface area contributed by atoms with Gasteiger partial charge in [-0.15, -0.1) is 0 Å². The van der Waals surface area contributed by atoms with E-state index in [0.717, 1.165) is 11.1 Å². The average molecular weight is 320 g/mol. The van der Waals surface area contributed by atoms with Crippen LogP contribution in [0, 0.1) is 5.41 Å². The van der Waals surface area contributed by atoms with Gasteiger partial charge in [0.15, 0.2) is 0 Å². The second kappa shape index (κ2) is 5.52. The van der Waals surface area contributed by atoms with Crippen molar-refractivity contribution in [2.75, 3.05) is 0 Å². The maximum atomic E-state index is 12.8. The van der Waals surface area contributed by atoms with Gasteiger partial charge in [-0.05, 0) is 36.0 Å². The molecule has 1 fully saturated rings. The summed E-state index contributed by atoms with van der Waals surface area (Å²) in [6.07, 6.45) is -4.72. The highest BCUT2D eigenvalue weighted by Crippen LogP contribution is 2.57. The smallest absolute Gasteiger partial charge is 0.351 e. The molecule has 0 aromatic heterocycles. The zero-order valence-electron chi connectivity index (χ0n) is 11.9. The zero-order chi connectivity index (χ0) is 15.8. The van der Waals surface area contributed by atoms with E-state index in [4.69, 9.17) is 11.6 Å². The van der Waals surface area contributed by atoms with Gasteiger partial charge < -0.3 is 5.32 Å². The van der Waals surface area contributed by atoms with Crippen molar-refractivity contribution in [2.24, 2.45) is 5.41 Å². The SMILES string of the molecule is CC(C)c1cc(CNC(=O)C2(C(F)(F)F)CC2)ccc1Cl. The lowest BCUT2D eigenvalue weighted by Crippen LogP contribution is -2.40. The molecule has 1 aliphatic carbocycles. The molecule has 2 rings (SSSR count). The van der Waals surface area contributed by atoms with Gasteiger partial charge >= 0.3 is 6.18 Å². The number of hydrogen-bond donors (Lipinski definition) is 1. The predicted molar refractivity (Wildman–Crippen MR) is 75.1 cm³/mol. The van der Waals surface area contributed by atoms with E-state index in [0.29, 0.717) is 5.02 Å². The Balaban J connectivity index is 2.04. The van der Waals surface area contributed by atoms with E-state index in [1.165, 1.54) is 0 Å². The summed E-state index contributed by atoms with van der Waals surface area (Å²) in [7, 11) is 0. The molecule has 0 spiro atoms. The van der Waals surface area contributed by atoms with Crippen molar-refractivity contribution in [3.8, 4) is 0 Å². The first-order valence-corrected chi connectivity index (χ1v) is 7.18. The van der Waals surface area contributed by atoms with E-state index in [-0.39, 0.29) is 25.3 Å². The van der Waals surface area contributed by atoms with Crippen molar-refractivity contribution in [3.63, 3.8) is 0 Å². The number of amides is 1. The molecule has 1 amide bonds. The summed E-state index contributed by atoms with van der Waals surface area (Å²) in [5, 5.41) is 3.01. The van der Waals surface area contributed by atoms with Crippen molar-refractivity contribution in [3.05, 3.63) is 34.3 Å². The molecule has 0 bridgehead atoms. The lowest BCUT2D eigenvalue weighted by Gasteiger charge is -2.19.